The number of imidazole rings is 1. The number of rotatable bonds is 5. The van der Waals surface area contributed by atoms with Crippen molar-refractivity contribution in [1.82, 2.24) is 19.9 Å². The van der Waals surface area contributed by atoms with E-state index in [4.69, 9.17) is 23.2 Å². The number of hydrogen-bond donors (Lipinski definition) is 1. The Hall–Kier alpha value is -2.41. The van der Waals surface area contributed by atoms with Crippen LogP contribution in [0, 0.1) is 0 Å². The molecular formula is C20H16Cl2N4OS. The Bertz CT molecular complexity index is 1140. The third-order valence-corrected chi connectivity index (χ3v) is 5.57. The van der Waals surface area contributed by atoms with E-state index in [2.05, 4.69) is 15.3 Å². The van der Waals surface area contributed by atoms with Crippen LogP contribution in [-0.2, 0) is 11.3 Å². The molecule has 2 aromatic carbocycles. The number of nitrogens with one attached hydrogen (secondary N) is 1. The first-order chi connectivity index (χ1) is 13.5. The number of carbonyl (C=O) groups is 1. The topological polar surface area (TPSA) is 59.8 Å². The van der Waals surface area contributed by atoms with E-state index in [9.17, 15) is 4.79 Å². The van der Waals surface area contributed by atoms with Gasteiger partial charge >= 0.3 is 0 Å². The molecule has 0 aliphatic carbocycles. The van der Waals surface area contributed by atoms with Crippen LogP contribution in [0.5, 0.6) is 0 Å². The average Bonchev–Trinajstić information content (AvgIpc) is 3.30. The molecule has 0 saturated heterocycles. The van der Waals surface area contributed by atoms with E-state index in [0.717, 1.165) is 22.3 Å². The molecule has 1 N–H and O–H groups in total. The van der Waals surface area contributed by atoms with Gasteiger partial charge in [-0.25, -0.2) is 9.97 Å². The SMILES string of the molecule is CC(NC(=O)Cn1c(-c2cscn2)nc2ccccc21)c1ccc(Cl)cc1Cl. The van der Waals surface area contributed by atoms with E-state index in [1.807, 2.05) is 47.2 Å². The molecule has 0 aliphatic heterocycles. The van der Waals surface area contributed by atoms with Gasteiger partial charge in [0.05, 0.1) is 22.6 Å². The molecule has 0 radical (unpaired) electrons. The molecular weight excluding hydrogens is 415 g/mol. The van der Waals surface area contributed by atoms with E-state index < -0.39 is 0 Å². The predicted octanol–water partition coefficient (Wildman–Crippen LogP) is 5.34. The molecule has 8 heteroatoms. The zero-order valence-corrected chi connectivity index (χ0v) is 17.2. The van der Waals surface area contributed by atoms with Gasteiger partial charge in [0.15, 0.2) is 5.82 Å². The van der Waals surface area contributed by atoms with Crippen LogP contribution >= 0.6 is 34.5 Å². The molecule has 142 valence electrons. The smallest absolute Gasteiger partial charge is 0.240 e. The van der Waals surface area contributed by atoms with E-state index in [-0.39, 0.29) is 18.5 Å². The van der Waals surface area contributed by atoms with Gasteiger partial charge in [-0.05, 0) is 36.8 Å². The molecule has 1 unspecified atom stereocenters. The van der Waals surface area contributed by atoms with Crippen LogP contribution < -0.4 is 5.32 Å². The summed E-state index contributed by atoms with van der Waals surface area (Å²) >= 11 is 13.7. The molecule has 28 heavy (non-hydrogen) atoms. The van der Waals surface area contributed by atoms with Crippen molar-refractivity contribution < 1.29 is 4.79 Å². The number of thiazole rings is 1. The number of fused-ring (bicyclic) bond motifs is 1. The van der Waals surface area contributed by atoms with E-state index in [0.29, 0.717) is 15.9 Å². The van der Waals surface area contributed by atoms with Crippen LogP contribution in [0.4, 0.5) is 0 Å². The van der Waals surface area contributed by atoms with E-state index in [1.165, 1.54) is 11.3 Å². The van der Waals surface area contributed by atoms with Gasteiger partial charge in [-0.1, -0.05) is 41.4 Å². The summed E-state index contributed by atoms with van der Waals surface area (Å²) in [5, 5.41) is 6.01. The first kappa shape index (κ1) is 18.9. The zero-order chi connectivity index (χ0) is 19.7. The number of benzene rings is 2. The highest BCUT2D eigenvalue weighted by Crippen LogP contribution is 2.27. The standard InChI is InChI=1S/C20H16Cl2N4OS/c1-12(14-7-6-13(21)8-15(14)22)24-19(27)9-26-18-5-3-2-4-16(18)25-20(26)17-10-28-11-23-17/h2-8,10-12H,9H2,1H3,(H,24,27). The number of aromatic nitrogens is 3. The summed E-state index contributed by atoms with van der Waals surface area (Å²) in [7, 11) is 0. The summed E-state index contributed by atoms with van der Waals surface area (Å²) in [5.41, 5.74) is 5.03. The minimum absolute atomic E-state index is 0.128. The van der Waals surface area contributed by atoms with Gasteiger partial charge in [0.2, 0.25) is 5.91 Å². The molecule has 0 aliphatic rings. The van der Waals surface area contributed by atoms with Gasteiger partial charge in [0, 0.05) is 15.4 Å². The van der Waals surface area contributed by atoms with Crippen LogP contribution in [0.2, 0.25) is 10.0 Å². The zero-order valence-electron chi connectivity index (χ0n) is 14.9. The maximum Gasteiger partial charge on any atom is 0.240 e. The highest BCUT2D eigenvalue weighted by atomic mass is 35.5. The normalized spacial score (nSPS) is 12.2. The van der Waals surface area contributed by atoms with Gasteiger partial charge in [-0.3, -0.25) is 4.79 Å². The summed E-state index contributed by atoms with van der Waals surface area (Å²) in [6.45, 7) is 2.02. The van der Waals surface area contributed by atoms with Crippen molar-refractivity contribution in [1.29, 1.82) is 0 Å². The van der Waals surface area contributed by atoms with Crippen molar-refractivity contribution in [3.63, 3.8) is 0 Å². The van der Waals surface area contributed by atoms with Crippen molar-refractivity contribution in [2.75, 3.05) is 0 Å². The third kappa shape index (κ3) is 3.76. The van der Waals surface area contributed by atoms with Crippen LogP contribution in [-0.4, -0.2) is 20.4 Å². The number of halogens is 2. The summed E-state index contributed by atoms with van der Waals surface area (Å²) in [6.07, 6.45) is 0. The van der Waals surface area contributed by atoms with Gasteiger partial charge in [0.1, 0.15) is 12.2 Å². The number of hydrogen-bond acceptors (Lipinski definition) is 4. The number of nitrogens with zero attached hydrogens (tertiary/aromatic N) is 3. The van der Waals surface area contributed by atoms with Crippen LogP contribution in [0.1, 0.15) is 18.5 Å². The average molecular weight is 431 g/mol. The quantitative estimate of drug-likeness (QED) is 0.464. The number of carbonyl (C=O) groups excluding carboxylic acids is 1. The molecule has 1 atom stereocenters. The Morgan fingerprint density at radius 3 is 2.82 bits per heavy atom. The van der Waals surface area contributed by atoms with E-state index in [1.54, 1.807) is 17.6 Å². The van der Waals surface area contributed by atoms with Crippen molar-refractivity contribution in [3.05, 3.63) is 69.0 Å². The molecule has 0 spiro atoms. The van der Waals surface area contributed by atoms with Gasteiger partial charge in [-0.15, -0.1) is 11.3 Å². The fourth-order valence-electron chi connectivity index (χ4n) is 3.12. The lowest BCUT2D eigenvalue weighted by Gasteiger charge is -2.17. The maximum atomic E-state index is 12.8. The molecule has 1 amide bonds. The Balaban J connectivity index is 1.61. The van der Waals surface area contributed by atoms with Gasteiger partial charge in [-0.2, -0.15) is 0 Å². The van der Waals surface area contributed by atoms with Crippen molar-refractivity contribution in [2.24, 2.45) is 0 Å². The van der Waals surface area contributed by atoms with Crippen molar-refractivity contribution in [2.45, 2.75) is 19.5 Å². The Kier molecular flexibility index (Phi) is 5.35. The lowest BCUT2D eigenvalue weighted by Crippen LogP contribution is -2.30. The summed E-state index contributed by atoms with van der Waals surface area (Å²) in [5.74, 6) is 0.535. The molecule has 2 aromatic heterocycles. The maximum absolute atomic E-state index is 12.8. The number of para-hydroxylation sites is 2. The van der Waals surface area contributed by atoms with Crippen LogP contribution in [0.3, 0.4) is 0 Å². The Morgan fingerprint density at radius 2 is 2.07 bits per heavy atom. The molecule has 0 fully saturated rings. The minimum Gasteiger partial charge on any atom is -0.348 e. The monoisotopic (exact) mass is 430 g/mol. The van der Waals surface area contributed by atoms with Crippen LogP contribution in [0.25, 0.3) is 22.6 Å². The number of amides is 1. The van der Waals surface area contributed by atoms with Crippen LogP contribution in [0.15, 0.2) is 53.4 Å². The lowest BCUT2D eigenvalue weighted by molar-refractivity contribution is -0.122. The highest BCUT2D eigenvalue weighted by Gasteiger charge is 2.18. The molecule has 4 rings (SSSR count). The predicted molar refractivity (Wildman–Crippen MR) is 114 cm³/mol. The second-order valence-electron chi connectivity index (χ2n) is 6.34. The first-order valence-corrected chi connectivity index (χ1v) is 10.3. The van der Waals surface area contributed by atoms with Crippen molar-refractivity contribution in [3.8, 4) is 11.5 Å². The summed E-state index contributed by atoms with van der Waals surface area (Å²) in [6, 6.07) is 12.7. The summed E-state index contributed by atoms with van der Waals surface area (Å²) in [4.78, 5) is 21.8. The Labute approximate surface area is 176 Å². The third-order valence-electron chi connectivity index (χ3n) is 4.42. The molecule has 4 aromatic rings. The fraction of sp³-hybridized carbons (Fsp3) is 0.150. The van der Waals surface area contributed by atoms with Gasteiger partial charge in [0.25, 0.3) is 0 Å². The summed E-state index contributed by atoms with van der Waals surface area (Å²) < 4.78 is 1.88. The molecule has 0 bridgehead atoms. The van der Waals surface area contributed by atoms with Crippen molar-refractivity contribution >= 4 is 51.5 Å². The second kappa shape index (κ2) is 7.91. The molecule has 0 saturated carbocycles. The fourth-order valence-corrected chi connectivity index (χ4v) is 4.22. The Morgan fingerprint density at radius 1 is 1.25 bits per heavy atom. The molecule has 2 heterocycles. The van der Waals surface area contributed by atoms with Gasteiger partial charge < -0.3 is 9.88 Å². The highest BCUT2D eigenvalue weighted by molar-refractivity contribution is 7.07. The van der Waals surface area contributed by atoms with E-state index >= 15 is 0 Å². The first-order valence-electron chi connectivity index (χ1n) is 8.61. The second-order valence-corrected chi connectivity index (χ2v) is 7.90. The lowest BCUT2D eigenvalue weighted by atomic mass is 10.1. The molecule has 5 nitrogen and oxygen atoms in total. The largest absolute Gasteiger partial charge is 0.348 e. The minimum atomic E-state index is -0.255.